The van der Waals surface area contributed by atoms with Crippen LogP contribution in [0.15, 0.2) is 29.2 Å². The van der Waals surface area contributed by atoms with Crippen molar-refractivity contribution in [3.8, 4) is 0 Å². The van der Waals surface area contributed by atoms with Gasteiger partial charge in [0.2, 0.25) is 5.43 Å². The first kappa shape index (κ1) is 16.2. The Morgan fingerprint density at radius 3 is 2.77 bits per heavy atom. The van der Waals surface area contributed by atoms with Crippen molar-refractivity contribution in [3.63, 3.8) is 0 Å². The number of hydrogen-bond acceptors (Lipinski definition) is 3. The Morgan fingerprint density at radius 2 is 2.14 bits per heavy atom. The van der Waals surface area contributed by atoms with E-state index in [1.165, 1.54) is 0 Å². The summed E-state index contributed by atoms with van der Waals surface area (Å²) in [6.45, 7) is 6.85. The van der Waals surface area contributed by atoms with Gasteiger partial charge >= 0.3 is 0 Å². The highest BCUT2D eigenvalue weighted by Crippen LogP contribution is 2.14. The highest BCUT2D eigenvalue weighted by atomic mass is 16.5. The molecule has 2 rings (SSSR count). The summed E-state index contributed by atoms with van der Waals surface area (Å²) in [7, 11) is 1.57. The molecule has 5 nitrogen and oxygen atoms in total. The largest absolute Gasteiger partial charge is 0.383 e. The average Bonchev–Trinajstić information content (AvgIpc) is 2.48. The van der Waals surface area contributed by atoms with Crippen LogP contribution in [0, 0.1) is 6.92 Å². The van der Waals surface area contributed by atoms with Crippen LogP contribution in [0.25, 0.3) is 10.9 Å². The van der Waals surface area contributed by atoms with E-state index in [1.807, 2.05) is 43.5 Å². The third-order valence-electron chi connectivity index (χ3n) is 3.62. The van der Waals surface area contributed by atoms with Crippen molar-refractivity contribution in [1.82, 2.24) is 9.88 Å². The molecule has 0 bridgehead atoms. The normalized spacial score (nSPS) is 12.4. The molecule has 1 aromatic heterocycles. The zero-order chi connectivity index (χ0) is 16.3. The molecule has 1 aromatic carbocycles. The summed E-state index contributed by atoms with van der Waals surface area (Å²) in [5.41, 5.74) is 1.78. The van der Waals surface area contributed by atoms with Gasteiger partial charge in [-0.25, -0.2) is 0 Å². The average molecular weight is 302 g/mol. The number of fused-ring (bicyclic) bond motifs is 1. The first-order valence-corrected chi connectivity index (χ1v) is 7.41. The minimum Gasteiger partial charge on any atom is -0.383 e. The van der Waals surface area contributed by atoms with E-state index in [1.54, 1.807) is 13.3 Å². The molecule has 0 radical (unpaired) electrons. The van der Waals surface area contributed by atoms with Crippen LogP contribution < -0.4 is 10.7 Å². The van der Waals surface area contributed by atoms with E-state index in [-0.39, 0.29) is 22.9 Å². The van der Waals surface area contributed by atoms with Gasteiger partial charge in [0.25, 0.3) is 5.91 Å². The van der Waals surface area contributed by atoms with Crippen molar-refractivity contribution in [3.05, 3.63) is 45.7 Å². The van der Waals surface area contributed by atoms with E-state index in [9.17, 15) is 9.59 Å². The number of aromatic nitrogens is 1. The van der Waals surface area contributed by atoms with Gasteiger partial charge in [0.05, 0.1) is 12.1 Å². The van der Waals surface area contributed by atoms with E-state index in [4.69, 9.17) is 4.74 Å². The molecule has 2 aromatic rings. The van der Waals surface area contributed by atoms with Crippen LogP contribution in [0.2, 0.25) is 0 Å². The zero-order valence-electron chi connectivity index (χ0n) is 13.5. The Hall–Kier alpha value is -2.14. The fourth-order valence-corrected chi connectivity index (χ4v) is 2.53. The Balaban J connectivity index is 2.52. The van der Waals surface area contributed by atoms with Gasteiger partial charge in [-0.1, -0.05) is 11.6 Å². The first-order chi connectivity index (χ1) is 10.5. The van der Waals surface area contributed by atoms with E-state index in [2.05, 4.69) is 5.32 Å². The number of aryl methyl sites for hydroxylation is 2. The highest BCUT2D eigenvalue weighted by Gasteiger charge is 2.16. The number of hydrogen-bond donors (Lipinski definition) is 1. The number of nitrogens with one attached hydrogen (secondary N) is 1. The topological polar surface area (TPSA) is 60.3 Å². The molecule has 0 unspecified atom stereocenters. The minimum atomic E-state index is -0.361. The second-order valence-electron chi connectivity index (χ2n) is 5.51. The van der Waals surface area contributed by atoms with Crippen molar-refractivity contribution >= 4 is 16.8 Å². The van der Waals surface area contributed by atoms with Gasteiger partial charge in [-0.3, -0.25) is 9.59 Å². The van der Waals surface area contributed by atoms with Gasteiger partial charge in [-0.15, -0.1) is 0 Å². The van der Waals surface area contributed by atoms with Gasteiger partial charge in [-0.2, -0.15) is 0 Å². The summed E-state index contributed by atoms with van der Waals surface area (Å²) in [6.07, 6.45) is 1.63. The third kappa shape index (κ3) is 3.20. The monoisotopic (exact) mass is 302 g/mol. The molecule has 118 valence electrons. The van der Waals surface area contributed by atoms with Crippen LogP contribution in [0.3, 0.4) is 0 Å². The quantitative estimate of drug-likeness (QED) is 0.920. The maximum Gasteiger partial charge on any atom is 0.257 e. The second kappa shape index (κ2) is 6.75. The van der Waals surface area contributed by atoms with E-state index in [0.717, 1.165) is 11.1 Å². The van der Waals surface area contributed by atoms with Crippen LogP contribution in [0.4, 0.5) is 0 Å². The maximum absolute atomic E-state index is 12.6. The number of methoxy groups -OCH3 is 1. The summed E-state index contributed by atoms with van der Waals surface area (Å²) >= 11 is 0. The van der Waals surface area contributed by atoms with Gasteiger partial charge in [-0.05, 0) is 32.9 Å². The predicted molar refractivity (Wildman–Crippen MR) is 87.4 cm³/mol. The molecule has 22 heavy (non-hydrogen) atoms. The van der Waals surface area contributed by atoms with Crippen molar-refractivity contribution < 1.29 is 9.53 Å². The lowest BCUT2D eigenvalue weighted by molar-refractivity contribution is 0.0904. The van der Waals surface area contributed by atoms with Crippen molar-refractivity contribution in [2.45, 2.75) is 33.4 Å². The Morgan fingerprint density at radius 1 is 1.41 bits per heavy atom. The molecule has 0 aliphatic heterocycles. The summed E-state index contributed by atoms with van der Waals surface area (Å²) in [6, 6.07) is 5.57. The number of ether oxygens (including phenoxy) is 1. The first-order valence-electron chi connectivity index (χ1n) is 7.41. The van der Waals surface area contributed by atoms with Gasteiger partial charge in [0.15, 0.2) is 0 Å². The number of pyridine rings is 1. The lowest BCUT2D eigenvalue weighted by Crippen LogP contribution is -2.38. The van der Waals surface area contributed by atoms with Crippen LogP contribution in [-0.2, 0) is 11.3 Å². The number of carbonyl (C=O) groups is 1. The van der Waals surface area contributed by atoms with E-state index >= 15 is 0 Å². The zero-order valence-corrected chi connectivity index (χ0v) is 13.5. The number of nitrogens with zero attached hydrogens (tertiary/aromatic N) is 1. The third-order valence-corrected chi connectivity index (χ3v) is 3.62. The molecule has 0 aliphatic rings. The molecule has 5 heteroatoms. The number of benzene rings is 1. The second-order valence-corrected chi connectivity index (χ2v) is 5.51. The molecule has 0 fully saturated rings. The molecule has 1 amide bonds. The Bertz CT molecular complexity index is 749. The number of rotatable bonds is 5. The summed E-state index contributed by atoms with van der Waals surface area (Å²) < 4.78 is 6.93. The highest BCUT2D eigenvalue weighted by molar-refractivity contribution is 5.97. The fraction of sp³-hybridized carbons (Fsp3) is 0.412. The number of amides is 1. The standard InChI is InChI=1S/C17H22N2O3/c1-5-19-9-14(17(21)18-12(3)10-22-4)16(20)13-8-11(2)6-7-15(13)19/h6-9,12H,5,10H2,1-4H3,(H,18,21)/t12-/m1/s1. The van der Waals surface area contributed by atoms with Gasteiger partial charge < -0.3 is 14.6 Å². The van der Waals surface area contributed by atoms with Crippen LogP contribution in [0.5, 0.6) is 0 Å². The van der Waals surface area contributed by atoms with Crippen LogP contribution in [-0.4, -0.2) is 30.2 Å². The van der Waals surface area contributed by atoms with E-state index < -0.39 is 0 Å². The molecule has 0 saturated heterocycles. The molecular formula is C17H22N2O3. The van der Waals surface area contributed by atoms with Crippen molar-refractivity contribution in [2.75, 3.05) is 13.7 Å². The predicted octanol–water partition coefficient (Wildman–Crippen LogP) is 2.09. The lowest BCUT2D eigenvalue weighted by Gasteiger charge is -2.15. The molecule has 1 atom stereocenters. The minimum absolute atomic E-state index is 0.153. The molecule has 0 spiro atoms. The maximum atomic E-state index is 12.6. The Labute approximate surface area is 129 Å². The van der Waals surface area contributed by atoms with Gasteiger partial charge in [0.1, 0.15) is 5.56 Å². The SMILES string of the molecule is CCn1cc(C(=O)N[C@H](C)COC)c(=O)c2cc(C)ccc21. The summed E-state index contributed by atoms with van der Waals surface area (Å²) in [4.78, 5) is 25.0. The molecule has 0 saturated carbocycles. The smallest absolute Gasteiger partial charge is 0.257 e. The molecule has 1 N–H and O–H groups in total. The molecular weight excluding hydrogens is 280 g/mol. The molecule has 0 aliphatic carbocycles. The van der Waals surface area contributed by atoms with E-state index in [0.29, 0.717) is 18.5 Å². The van der Waals surface area contributed by atoms with Crippen LogP contribution >= 0.6 is 0 Å². The molecule has 1 heterocycles. The van der Waals surface area contributed by atoms with Gasteiger partial charge in [0, 0.05) is 31.3 Å². The fourth-order valence-electron chi connectivity index (χ4n) is 2.53. The van der Waals surface area contributed by atoms with Crippen LogP contribution in [0.1, 0.15) is 29.8 Å². The summed E-state index contributed by atoms with van der Waals surface area (Å²) in [5.74, 6) is -0.361. The summed E-state index contributed by atoms with van der Waals surface area (Å²) in [5, 5.41) is 3.37. The lowest BCUT2D eigenvalue weighted by atomic mass is 10.1. The van der Waals surface area contributed by atoms with Crippen molar-refractivity contribution in [2.24, 2.45) is 0 Å². The number of carbonyl (C=O) groups excluding carboxylic acids is 1. The Kier molecular flexibility index (Phi) is 4.98. The van der Waals surface area contributed by atoms with Crippen molar-refractivity contribution in [1.29, 1.82) is 0 Å².